The van der Waals surface area contributed by atoms with Crippen LogP contribution in [0.2, 0.25) is 0 Å². The largest absolute Gasteiger partial charge is 0.380 e. The molecule has 0 saturated heterocycles. The van der Waals surface area contributed by atoms with E-state index in [1.165, 1.54) is 5.57 Å². The summed E-state index contributed by atoms with van der Waals surface area (Å²) in [5.41, 5.74) is 1.73. The van der Waals surface area contributed by atoms with Crippen LogP contribution >= 0.6 is 15.9 Å². The summed E-state index contributed by atoms with van der Waals surface area (Å²) in [4.78, 5) is 18.2. The Morgan fingerprint density at radius 3 is 3.00 bits per heavy atom. The quantitative estimate of drug-likeness (QED) is 0.635. The van der Waals surface area contributed by atoms with E-state index in [0.717, 1.165) is 13.0 Å². The molecule has 0 spiro atoms. The number of amides is 1. The highest BCUT2D eigenvalue weighted by Crippen LogP contribution is 2.14. The second kappa shape index (κ2) is 6.11. The molecule has 0 saturated carbocycles. The number of methoxy groups -OCH3 is 1. The molecule has 18 heavy (non-hydrogen) atoms. The molecule has 2 rings (SSSR count). The Morgan fingerprint density at radius 2 is 2.39 bits per heavy atom. The Hall–Kier alpha value is -1.20. The van der Waals surface area contributed by atoms with E-state index < -0.39 is 0 Å². The van der Waals surface area contributed by atoms with Gasteiger partial charge >= 0.3 is 0 Å². The van der Waals surface area contributed by atoms with Gasteiger partial charge in [0.1, 0.15) is 10.3 Å². The molecule has 96 valence electrons. The zero-order valence-electron chi connectivity index (χ0n) is 10.2. The van der Waals surface area contributed by atoms with Crippen LogP contribution in [0.25, 0.3) is 0 Å². The molecule has 0 aromatic carbocycles. The number of ether oxygens (including phenoxy) is 1. The zero-order valence-corrected chi connectivity index (χ0v) is 11.8. The first-order valence-electron chi connectivity index (χ1n) is 5.79. The SMILES string of the molecule is COCC1=CCN(C(=O)c2cccc(Br)n2)CC1. The molecule has 5 heteroatoms. The van der Waals surface area contributed by atoms with Crippen molar-refractivity contribution in [2.75, 3.05) is 26.8 Å². The summed E-state index contributed by atoms with van der Waals surface area (Å²) in [6, 6.07) is 5.37. The number of halogens is 1. The first kappa shape index (κ1) is 13.2. The molecule has 1 amide bonds. The molecule has 0 fully saturated rings. The summed E-state index contributed by atoms with van der Waals surface area (Å²) in [5.74, 6) is -0.0241. The standard InChI is InChI=1S/C13H15BrN2O2/c1-18-9-10-5-7-16(8-6-10)13(17)11-3-2-4-12(14)15-11/h2-5H,6-9H2,1H3. The summed E-state index contributed by atoms with van der Waals surface area (Å²) in [5, 5.41) is 0. The van der Waals surface area contributed by atoms with Gasteiger partial charge in [0.05, 0.1) is 6.61 Å². The molecular formula is C13H15BrN2O2. The van der Waals surface area contributed by atoms with Crippen LogP contribution in [-0.2, 0) is 4.74 Å². The van der Waals surface area contributed by atoms with Crippen molar-refractivity contribution in [3.63, 3.8) is 0 Å². The van der Waals surface area contributed by atoms with E-state index in [0.29, 0.717) is 23.4 Å². The highest BCUT2D eigenvalue weighted by Gasteiger charge is 2.19. The van der Waals surface area contributed by atoms with Crippen molar-refractivity contribution in [1.29, 1.82) is 0 Å². The van der Waals surface area contributed by atoms with Crippen LogP contribution in [0.15, 0.2) is 34.5 Å². The summed E-state index contributed by atoms with van der Waals surface area (Å²) in [7, 11) is 1.68. The van der Waals surface area contributed by atoms with E-state index in [1.807, 2.05) is 12.1 Å². The monoisotopic (exact) mass is 310 g/mol. The van der Waals surface area contributed by atoms with E-state index in [-0.39, 0.29) is 5.91 Å². The van der Waals surface area contributed by atoms with Crippen LogP contribution in [0.1, 0.15) is 16.9 Å². The first-order valence-corrected chi connectivity index (χ1v) is 6.58. The van der Waals surface area contributed by atoms with Crippen molar-refractivity contribution >= 4 is 21.8 Å². The predicted octanol–water partition coefficient (Wildman–Crippen LogP) is 2.26. The van der Waals surface area contributed by atoms with Gasteiger partial charge in [-0.05, 0) is 40.1 Å². The molecule has 0 N–H and O–H groups in total. The average molecular weight is 311 g/mol. The fourth-order valence-electron chi connectivity index (χ4n) is 1.90. The second-order valence-electron chi connectivity index (χ2n) is 4.14. The molecule has 4 nitrogen and oxygen atoms in total. The number of rotatable bonds is 3. The minimum atomic E-state index is -0.0241. The molecule has 0 bridgehead atoms. The van der Waals surface area contributed by atoms with Crippen molar-refractivity contribution < 1.29 is 9.53 Å². The highest BCUT2D eigenvalue weighted by molar-refractivity contribution is 9.10. The smallest absolute Gasteiger partial charge is 0.272 e. The summed E-state index contributed by atoms with van der Waals surface area (Å²) in [6.07, 6.45) is 2.93. The van der Waals surface area contributed by atoms with Gasteiger partial charge in [-0.15, -0.1) is 0 Å². The van der Waals surface area contributed by atoms with Crippen molar-refractivity contribution in [2.45, 2.75) is 6.42 Å². The van der Waals surface area contributed by atoms with E-state index in [4.69, 9.17) is 4.74 Å². The molecule has 0 aliphatic carbocycles. The van der Waals surface area contributed by atoms with Crippen LogP contribution in [0.5, 0.6) is 0 Å². The lowest BCUT2D eigenvalue weighted by molar-refractivity contribution is 0.0759. The third-order valence-corrected chi connectivity index (χ3v) is 3.30. The Balaban J connectivity index is 2.04. The van der Waals surface area contributed by atoms with Crippen molar-refractivity contribution in [3.8, 4) is 0 Å². The number of pyridine rings is 1. The van der Waals surface area contributed by atoms with Gasteiger partial charge in [0.15, 0.2) is 0 Å². The predicted molar refractivity (Wildman–Crippen MR) is 72.4 cm³/mol. The van der Waals surface area contributed by atoms with Crippen LogP contribution in [0, 0.1) is 0 Å². The summed E-state index contributed by atoms with van der Waals surface area (Å²) >= 11 is 3.27. The number of carbonyl (C=O) groups is 1. The van der Waals surface area contributed by atoms with Crippen LogP contribution in [0.3, 0.4) is 0 Å². The fraction of sp³-hybridized carbons (Fsp3) is 0.385. The maximum Gasteiger partial charge on any atom is 0.272 e. The Bertz CT molecular complexity index is 474. The van der Waals surface area contributed by atoms with Gasteiger partial charge in [0.25, 0.3) is 5.91 Å². The highest BCUT2D eigenvalue weighted by atomic mass is 79.9. The molecule has 0 unspecified atom stereocenters. The van der Waals surface area contributed by atoms with Crippen LogP contribution in [-0.4, -0.2) is 42.6 Å². The summed E-state index contributed by atoms with van der Waals surface area (Å²) < 4.78 is 5.77. The topological polar surface area (TPSA) is 42.4 Å². The molecule has 2 heterocycles. The molecule has 1 aromatic rings. The number of carbonyl (C=O) groups excluding carboxylic acids is 1. The van der Waals surface area contributed by atoms with Gasteiger partial charge in [-0.2, -0.15) is 0 Å². The van der Waals surface area contributed by atoms with Gasteiger partial charge < -0.3 is 9.64 Å². The fourth-order valence-corrected chi connectivity index (χ4v) is 2.25. The van der Waals surface area contributed by atoms with Gasteiger partial charge in [0, 0.05) is 20.2 Å². The third-order valence-electron chi connectivity index (χ3n) is 2.85. The van der Waals surface area contributed by atoms with E-state index in [2.05, 4.69) is 27.0 Å². The van der Waals surface area contributed by atoms with E-state index in [9.17, 15) is 4.79 Å². The Morgan fingerprint density at radius 1 is 1.56 bits per heavy atom. The van der Waals surface area contributed by atoms with Gasteiger partial charge in [-0.25, -0.2) is 4.98 Å². The maximum atomic E-state index is 12.2. The lowest BCUT2D eigenvalue weighted by atomic mass is 10.1. The number of nitrogens with zero attached hydrogens (tertiary/aromatic N) is 2. The Kier molecular flexibility index (Phi) is 4.49. The van der Waals surface area contributed by atoms with Crippen molar-refractivity contribution in [2.24, 2.45) is 0 Å². The molecular weight excluding hydrogens is 296 g/mol. The van der Waals surface area contributed by atoms with Crippen molar-refractivity contribution in [1.82, 2.24) is 9.88 Å². The van der Waals surface area contributed by atoms with Crippen LogP contribution in [0.4, 0.5) is 0 Å². The third kappa shape index (κ3) is 3.17. The Labute approximate surface area is 115 Å². The summed E-state index contributed by atoms with van der Waals surface area (Å²) in [6.45, 7) is 2.01. The zero-order chi connectivity index (χ0) is 13.0. The molecule has 1 aliphatic heterocycles. The second-order valence-corrected chi connectivity index (χ2v) is 4.95. The van der Waals surface area contributed by atoms with Gasteiger partial charge in [0.2, 0.25) is 0 Å². The first-order chi connectivity index (χ1) is 8.70. The van der Waals surface area contributed by atoms with E-state index >= 15 is 0 Å². The molecule has 1 aliphatic rings. The minimum absolute atomic E-state index is 0.0241. The number of aromatic nitrogens is 1. The lowest BCUT2D eigenvalue weighted by Gasteiger charge is -2.26. The lowest BCUT2D eigenvalue weighted by Crippen LogP contribution is -2.35. The average Bonchev–Trinajstić information content (AvgIpc) is 2.39. The maximum absolute atomic E-state index is 12.2. The number of hydrogen-bond donors (Lipinski definition) is 0. The van der Waals surface area contributed by atoms with Crippen LogP contribution < -0.4 is 0 Å². The van der Waals surface area contributed by atoms with Crippen molar-refractivity contribution in [3.05, 3.63) is 40.1 Å². The van der Waals surface area contributed by atoms with Gasteiger partial charge in [-0.1, -0.05) is 12.1 Å². The minimum Gasteiger partial charge on any atom is -0.380 e. The number of hydrogen-bond acceptors (Lipinski definition) is 3. The molecule has 1 aromatic heterocycles. The molecule has 0 radical (unpaired) electrons. The normalized spacial score (nSPS) is 15.4. The van der Waals surface area contributed by atoms with Gasteiger partial charge in [-0.3, -0.25) is 4.79 Å². The van der Waals surface area contributed by atoms with E-state index in [1.54, 1.807) is 18.1 Å². The molecule has 0 atom stereocenters.